The first kappa shape index (κ1) is 24.0. The molecule has 1 N–H and O–H groups in total. The lowest BCUT2D eigenvalue weighted by atomic mass is 9.76. The van der Waals surface area contributed by atoms with Crippen molar-refractivity contribution >= 4 is 44.3 Å². The molecule has 0 unspecified atom stereocenters. The van der Waals surface area contributed by atoms with Crippen molar-refractivity contribution in [3.8, 4) is 0 Å². The number of carbonyl (C=O) groups excluding carboxylic acids is 1. The molecule has 190 valence electrons. The third-order valence-corrected chi connectivity index (χ3v) is 7.82. The lowest BCUT2D eigenvalue weighted by Gasteiger charge is -2.29. The molecule has 0 saturated carbocycles. The van der Waals surface area contributed by atoms with Gasteiger partial charge in [0.2, 0.25) is 5.91 Å². The summed E-state index contributed by atoms with van der Waals surface area (Å²) in [7, 11) is 4.19. The van der Waals surface area contributed by atoms with Crippen LogP contribution in [-0.2, 0) is 18.9 Å². The first-order valence-corrected chi connectivity index (χ1v) is 13.1. The molecule has 0 atom stereocenters. The number of para-hydroxylation sites is 3. The highest BCUT2D eigenvalue weighted by molar-refractivity contribution is 6.02. The summed E-state index contributed by atoms with van der Waals surface area (Å²) >= 11 is 0. The van der Waals surface area contributed by atoms with Gasteiger partial charge in [-0.05, 0) is 41.8 Å². The lowest BCUT2D eigenvalue weighted by Crippen LogP contribution is -2.32. The van der Waals surface area contributed by atoms with Gasteiger partial charge in [0, 0.05) is 71.2 Å². The molecular formula is C33H32N4O. The molecule has 1 amide bonds. The largest absolute Gasteiger partial charge is 0.350 e. The van der Waals surface area contributed by atoms with E-state index in [1.54, 1.807) is 6.20 Å². The van der Waals surface area contributed by atoms with Gasteiger partial charge in [-0.3, -0.25) is 9.78 Å². The zero-order chi connectivity index (χ0) is 26.4. The lowest BCUT2D eigenvalue weighted by molar-refractivity contribution is -0.124. The number of nitrogens with zero attached hydrogens (tertiary/aromatic N) is 3. The normalized spacial score (nSPS) is 12.1. The van der Waals surface area contributed by atoms with Gasteiger partial charge in [-0.2, -0.15) is 0 Å². The summed E-state index contributed by atoms with van der Waals surface area (Å²) < 4.78 is 4.38. The maximum absolute atomic E-state index is 13.9. The molecule has 5 heteroatoms. The molecule has 3 aromatic carbocycles. The molecule has 3 heterocycles. The molecule has 0 aliphatic carbocycles. The standard InChI is InChI=1S/C33H32N4O/c1-33(2,32(38)35-28-15-9-11-22-12-10-18-34-31(22)28)19-25(26-20-36(3)29-16-7-5-13-23(26)29)27-21-37(4)30-17-8-6-14-24(27)30/h5-18,20-21,25H,19H2,1-4H3,(H,35,38). The summed E-state index contributed by atoms with van der Waals surface area (Å²) in [6, 6.07) is 26.9. The van der Waals surface area contributed by atoms with Crippen molar-refractivity contribution in [2.24, 2.45) is 19.5 Å². The van der Waals surface area contributed by atoms with E-state index in [4.69, 9.17) is 0 Å². The molecule has 5 nitrogen and oxygen atoms in total. The molecular weight excluding hydrogens is 468 g/mol. The Morgan fingerprint density at radius 3 is 2.03 bits per heavy atom. The number of fused-ring (bicyclic) bond motifs is 3. The average Bonchev–Trinajstić information content (AvgIpc) is 3.44. The Morgan fingerprint density at radius 1 is 0.816 bits per heavy atom. The monoisotopic (exact) mass is 500 g/mol. The minimum Gasteiger partial charge on any atom is -0.350 e. The summed E-state index contributed by atoms with van der Waals surface area (Å²) in [6.07, 6.45) is 6.89. The van der Waals surface area contributed by atoms with Gasteiger partial charge in [0.25, 0.3) is 0 Å². The van der Waals surface area contributed by atoms with E-state index in [0.717, 1.165) is 16.6 Å². The Morgan fingerprint density at radius 2 is 1.39 bits per heavy atom. The summed E-state index contributed by atoms with van der Waals surface area (Å²) in [6.45, 7) is 4.09. The van der Waals surface area contributed by atoms with Crippen LogP contribution < -0.4 is 5.32 Å². The van der Waals surface area contributed by atoms with E-state index in [0.29, 0.717) is 6.42 Å². The second-order valence-electron chi connectivity index (χ2n) is 10.9. The van der Waals surface area contributed by atoms with E-state index in [1.165, 1.54) is 32.9 Å². The number of amides is 1. The van der Waals surface area contributed by atoms with Crippen molar-refractivity contribution in [1.82, 2.24) is 14.1 Å². The molecule has 0 bridgehead atoms. The number of nitrogens with one attached hydrogen (secondary N) is 1. The van der Waals surface area contributed by atoms with E-state index in [1.807, 2.05) is 44.2 Å². The number of benzene rings is 3. The Labute approximate surface area is 222 Å². The Kier molecular flexibility index (Phi) is 5.79. The van der Waals surface area contributed by atoms with Crippen LogP contribution in [0.15, 0.2) is 97.5 Å². The fourth-order valence-corrected chi connectivity index (χ4v) is 5.79. The minimum absolute atomic E-state index is 0.0128. The SMILES string of the molecule is Cn1cc(C(CC(C)(C)C(=O)Nc2cccc3cccnc23)c2cn(C)c3ccccc23)c2ccccc21. The molecule has 0 aliphatic rings. The molecule has 0 spiro atoms. The van der Waals surface area contributed by atoms with E-state index >= 15 is 0 Å². The van der Waals surface area contributed by atoms with Crippen molar-refractivity contribution in [3.63, 3.8) is 0 Å². The van der Waals surface area contributed by atoms with E-state index in [-0.39, 0.29) is 11.8 Å². The third-order valence-electron chi connectivity index (χ3n) is 7.82. The molecule has 0 saturated heterocycles. The van der Waals surface area contributed by atoms with Crippen LogP contribution in [0.2, 0.25) is 0 Å². The highest BCUT2D eigenvalue weighted by Gasteiger charge is 2.35. The van der Waals surface area contributed by atoms with Crippen molar-refractivity contribution < 1.29 is 4.79 Å². The van der Waals surface area contributed by atoms with Crippen LogP contribution >= 0.6 is 0 Å². The van der Waals surface area contributed by atoms with E-state index < -0.39 is 5.41 Å². The van der Waals surface area contributed by atoms with Gasteiger partial charge >= 0.3 is 0 Å². The van der Waals surface area contributed by atoms with E-state index in [2.05, 4.69) is 94.5 Å². The van der Waals surface area contributed by atoms with Gasteiger partial charge in [0.1, 0.15) is 0 Å². The van der Waals surface area contributed by atoms with Crippen LogP contribution in [0.25, 0.3) is 32.7 Å². The molecule has 0 aliphatic heterocycles. The van der Waals surface area contributed by atoms with Crippen molar-refractivity contribution in [2.45, 2.75) is 26.2 Å². The minimum atomic E-state index is -0.657. The molecule has 3 aromatic heterocycles. The number of anilines is 1. The maximum Gasteiger partial charge on any atom is 0.230 e. The molecule has 6 aromatic rings. The number of carbonyl (C=O) groups is 1. The fourth-order valence-electron chi connectivity index (χ4n) is 5.79. The van der Waals surface area contributed by atoms with Crippen LogP contribution in [-0.4, -0.2) is 20.0 Å². The van der Waals surface area contributed by atoms with Gasteiger partial charge < -0.3 is 14.5 Å². The second kappa shape index (κ2) is 9.18. The third kappa shape index (κ3) is 4.04. The Hall–Kier alpha value is -4.38. The highest BCUT2D eigenvalue weighted by Crippen LogP contribution is 2.43. The number of rotatable bonds is 6. The van der Waals surface area contributed by atoms with Crippen LogP contribution in [0.3, 0.4) is 0 Å². The highest BCUT2D eigenvalue weighted by atomic mass is 16.2. The zero-order valence-corrected chi connectivity index (χ0v) is 22.3. The zero-order valence-electron chi connectivity index (χ0n) is 22.3. The van der Waals surface area contributed by atoms with Crippen molar-refractivity contribution in [1.29, 1.82) is 0 Å². The van der Waals surface area contributed by atoms with Crippen molar-refractivity contribution in [2.75, 3.05) is 5.32 Å². The smallest absolute Gasteiger partial charge is 0.230 e. The summed E-state index contributed by atoms with van der Waals surface area (Å²) in [5, 5.41) is 6.66. The molecule has 38 heavy (non-hydrogen) atoms. The topological polar surface area (TPSA) is 51.9 Å². The number of hydrogen-bond donors (Lipinski definition) is 1. The Bertz CT molecular complexity index is 1720. The maximum atomic E-state index is 13.9. The van der Waals surface area contributed by atoms with E-state index in [9.17, 15) is 4.79 Å². The first-order valence-electron chi connectivity index (χ1n) is 13.1. The van der Waals surface area contributed by atoms with Gasteiger partial charge in [0.05, 0.1) is 11.2 Å². The van der Waals surface area contributed by atoms with Crippen molar-refractivity contribution in [3.05, 3.63) is 109 Å². The van der Waals surface area contributed by atoms with Gasteiger partial charge in [0.15, 0.2) is 0 Å². The first-order chi connectivity index (χ1) is 18.3. The van der Waals surface area contributed by atoms with Crippen LogP contribution in [0.1, 0.15) is 37.3 Å². The predicted octanol–water partition coefficient (Wildman–Crippen LogP) is 7.41. The van der Waals surface area contributed by atoms with Gasteiger partial charge in [-0.25, -0.2) is 0 Å². The summed E-state index contributed by atoms with van der Waals surface area (Å²) in [5.74, 6) is 0.0136. The quantitative estimate of drug-likeness (QED) is 0.259. The summed E-state index contributed by atoms with van der Waals surface area (Å²) in [4.78, 5) is 18.4. The van der Waals surface area contributed by atoms with Crippen LogP contribution in [0.5, 0.6) is 0 Å². The summed E-state index contributed by atoms with van der Waals surface area (Å²) in [5.41, 5.74) is 5.76. The van der Waals surface area contributed by atoms with Crippen LogP contribution in [0.4, 0.5) is 5.69 Å². The number of pyridine rings is 1. The van der Waals surface area contributed by atoms with Gasteiger partial charge in [-0.1, -0.05) is 68.4 Å². The molecule has 0 fully saturated rings. The predicted molar refractivity (Wildman–Crippen MR) is 156 cm³/mol. The molecule has 0 radical (unpaired) electrons. The Balaban J connectivity index is 1.44. The average molecular weight is 501 g/mol. The molecule has 6 rings (SSSR count). The van der Waals surface area contributed by atoms with Gasteiger partial charge in [-0.15, -0.1) is 0 Å². The number of aryl methyl sites for hydroxylation is 2. The van der Waals surface area contributed by atoms with Crippen LogP contribution in [0, 0.1) is 5.41 Å². The fraction of sp³-hybridized carbons (Fsp3) is 0.212. The number of aromatic nitrogens is 3. The number of hydrogen-bond acceptors (Lipinski definition) is 2. The second-order valence-corrected chi connectivity index (χ2v) is 10.9.